The van der Waals surface area contributed by atoms with E-state index in [-0.39, 0.29) is 6.10 Å². The molecule has 0 amide bonds. The Morgan fingerprint density at radius 1 is 1.71 bits per heavy atom. The van der Waals surface area contributed by atoms with Crippen molar-refractivity contribution in [3.63, 3.8) is 0 Å². The lowest BCUT2D eigenvalue weighted by Gasteiger charge is -2.33. The molecule has 0 aromatic rings. The van der Waals surface area contributed by atoms with Gasteiger partial charge < -0.3 is 20.3 Å². The molecule has 1 saturated heterocycles. The van der Waals surface area contributed by atoms with Crippen LogP contribution in [-0.2, 0) is 9.47 Å². The number of nitrogens with zero attached hydrogens (tertiary/aromatic N) is 1. The van der Waals surface area contributed by atoms with Gasteiger partial charge in [0, 0.05) is 33.3 Å². The van der Waals surface area contributed by atoms with E-state index in [2.05, 4.69) is 4.90 Å². The van der Waals surface area contributed by atoms with Crippen molar-refractivity contribution in [3.8, 4) is 0 Å². The van der Waals surface area contributed by atoms with Crippen LogP contribution < -0.4 is 5.73 Å². The fraction of sp³-hybridized carbons (Fsp3) is 1.00. The zero-order valence-corrected chi connectivity index (χ0v) is 8.69. The van der Waals surface area contributed by atoms with Gasteiger partial charge in [-0.3, -0.25) is 4.90 Å². The fourth-order valence-corrected chi connectivity index (χ4v) is 1.63. The number of aliphatic hydroxyl groups is 1. The molecule has 0 bridgehead atoms. The molecule has 5 heteroatoms. The van der Waals surface area contributed by atoms with Gasteiger partial charge in [-0.05, 0) is 0 Å². The van der Waals surface area contributed by atoms with E-state index in [1.807, 2.05) is 0 Å². The Balaban J connectivity index is 2.22. The summed E-state index contributed by atoms with van der Waals surface area (Å²) >= 11 is 0. The van der Waals surface area contributed by atoms with Gasteiger partial charge in [-0.15, -0.1) is 0 Å². The van der Waals surface area contributed by atoms with E-state index in [9.17, 15) is 5.11 Å². The summed E-state index contributed by atoms with van der Waals surface area (Å²) in [6, 6.07) is 0. The number of hydrogen-bond acceptors (Lipinski definition) is 5. The Kier molecular flexibility index (Phi) is 5.36. The van der Waals surface area contributed by atoms with E-state index < -0.39 is 6.10 Å². The molecule has 1 aliphatic heterocycles. The monoisotopic (exact) mass is 204 g/mol. The van der Waals surface area contributed by atoms with Crippen molar-refractivity contribution in [2.45, 2.75) is 12.2 Å². The molecule has 1 aliphatic rings. The first-order valence-corrected chi connectivity index (χ1v) is 4.97. The number of ether oxygens (including phenoxy) is 2. The second-order valence-corrected chi connectivity index (χ2v) is 3.60. The Morgan fingerprint density at radius 2 is 2.50 bits per heavy atom. The third-order valence-electron chi connectivity index (χ3n) is 2.31. The Labute approximate surface area is 84.8 Å². The molecule has 1 fully saturated rings. The van der Waals surface area contributed by atoms with Gasteiger partial charge in [0.15, 0.2) is 0 Å². The van der Waals surface area contributed by atoms with Crippen LogP contribution >= 0.6 is 0 Å². The lowest BCUT2D eigenvalue weighted by Crippen LogP contribution is -2.48. The van der Waals surface area contributed by atoms with Crippen molar-refractivity contribution in [2.24, 2.45) is 5.73 Å². The van der Waals surface area contributed by atoms with Crippen LogP contribution in [0.5, 0.6) is 0 Å². The van der Waals surface area contributed by atoms with Crippen LogP contribution in [0.1, 0.15) is 0 Å². The topological polar surface area (TPSA) is 68.0 Å². The zero-order valence-electron chi connectivity index (χ0n) is 8.69. The molecular formula is C9H20N2O3. The average molecular weight is 204 g/mol. The van der Waals surface area contributed by atoms with Gasteiger partial charge in [0.05, 0.1) is 25.4 Å². The predicted molar refractivity (Wildman–Crippen MR) is 53.1 cm³/mol. The summed E-state index contributed by atoms with van der Waals surface area (Å²) in [7, 11) is 1.59. The Hall–Kier alpha value is -0.200. The summed E-state index contributed by atoms with van der Waals surface area (Å²) in [4.78, 5) is 2.16. The number of rotatable bonds is 5. The van der Waals surface area contributed by atoms with Crippen molar-refractivity contribution in [1.82, 2.24) is 4.90 Å². The number of morpholine rings is 1. The third kappa shape index (κ3) is 3.89. The molecule has 1 rings (SSSR count). The van der Waals surface area contributed by atoms with E-state index in [0.717, 1.165) is 13.1 Å². The molecule has 3 N–H and O–H groups in total. The van der Waals surface area contributed by atoms with E-state index in [4.69, 9.17) is 15.2 Å². The van der Waals surface area contributed by atoms with E-state index in [1.165, 1.54) is 0 Å². The summed E-state index contributed by atoms with van der Waals surface area (Å²) in [6.07, 6.45) is -0.310. The summed E-state index contributed by atoms with van der Waals surface area (Å²) in [5.74, 6) is 0. The van der Waals surface area contributed by atoms with Crippen molar-refractivity contribution in [1.29, 1.82) is 0 Å². The smallest absolute Gasteiger partial charge is 0.0900 e. The highest BCUT2D eigenvalue weighted by Gasteiger charge is 2.20. The maximum Gasteiger partial charge on any atom is 0.0900 e. The lowest BCUT2D eigenvalue weighted by atomic mass is 10.2. The van der Waals surface area contributed by atoms with Crippen molar-refractivity contribution in [2.75, 3.05) is 46.5 Å². The fourth-order valence-electron chi connectivity index (χ4n) is 1.63. The molecule has 1 heterocycles. The van der Waals surface area contributed by atoms with E-state index >= 15 is 0 Å². The molecule has 5 nitrogen and oxygen atoms in total. The van der Waals surface area contributed by atoms with Gasteiger partial charge in [0.25, 0.3) is 0 Å². The zero-order chi connectivity index (χ0) is 10.4. The SMILES string of the molecule is COCC(O)CN1CCOC(CN)C1. The summed E-state index contributed by atoms with van der Waals surface area (Å²) < 4.78 is 10.3. The molecule has 0 aromatic heterocycles. The number of nitrogens with two attached hydrogens (primary N) is 1. The molecule has 2 atom stereocenters. The minimum absolute atomic E-state index is 0.110. The normalized spacial score (nSPS) is 26.4. The summed E-state index contributed by atoms with van der Waals surface area (Å²) in [5.41, 5.74) is 5.52. The molecule has 0 saturated carbocycles. The van der Waals surface area contributed by atoms with Crippen molar-refractivity contribution in [3.05, 3.63) is 0 Å². The molecule has 2 unspecified atom stereocenters. The molecule has 0 radical (unpaired) electrons. The predicted octanol–water partition coefficient (Wildman–Crippen LogP) is -1.35. The second kappa shape index (κ2) is 6.31. The van der Waals surface area contributed by atoms with Crippen LogP contribution in [-0.4, -0.2) is 68.7 Å². The van der Waals surface area contributed by atoms with Crippen molar-refractivity contribution >= 4 is 0 Å². The number of hydrogen-bond donors (Lipinski definition) is 2. The second-order valence-electron chi connectivity index (χ2n) is 3.60. The van der Waals surface area contributed by atoms with E-state index in [1.54, 1.807) is 7.11 Å². The maximum atomic E-state index is 9.52. The van der Waals surface area contributed by atoms with Crippen LogP contribution in [0, 0.1) is 0 Å². The number of aliphatic hydroxyl groups excluding tert-OH is 1. The minimum atomic E-state index is -0.420. The standard InChI is InChI=1S/C9H20N2O3/c1-13-7-8(12)5-11-2-3-14-9(4-10)6-11/h8-9,12H,2-7,10H2,1H3. The van der Waals surface area contributed by atoms with Crippen LogP contribution in [0.2, 0.25) is 0 Å². The molecule has 0 spiro atoms. The molecule has 0 aliphatic carbocycles. The third-order valence-corrected chi connectivity index (χ3v) is 2.31. The summed E-state index contributed by atoms with van der Waals surface area (Å²) in [6.45, 7) is 3.91. The highest BCUT2D eigenvalue weighted by atomic mass is 16.5. The van der Waals surface area contributed by atoms with Gasteiger partial charge in [0.2, 0.25) is 0 Å². The first kappa shape index (κ1) is 11.9. The number of methoxy groups -OCH3 is 1. The molecule has 84 valence electrons. The van der Waals surface area contributed by atoms with Crippen molar-refractivity contribution < 1.29 is 14.6 Å². The molecular weight excluding hydrogens is 184 g/mol. The molecule has 0 aromatic carbocycles. The maximum absolute atomic E-state index is 9.52. The Morgan fingerprint density at radius 3 is 3.14 bits per heavy atom. The van der Waals surface area contributed by atoms with Gasteiger partial charge >= 0.3 is 0 Å². The first-order valence-electron chi connectivity index (χ1n) is 4.97. The molecule has 14 heavy (non-hydrogen) atoms. The van der Waals surface area contributed by atoms with Crippen LogP contribution in [0.25, 0.3) is 0 Å². The van der Waals surface area contributed by atoms with Gasteiger partial charge in [-0.2, -0.15) is 0 Å². The van der Waals surface area contributed by atoms with Gasteiger partial charge in [-0.25, -0.2) is 0 Å². The summed E-state index contributed by atoms with van der Waals surface area (Å²) in [5, 5.41) is 9.52. The minimum Gasteiger partial charge on any atom is -0.389 e. The van der Waals surface area contributed by atoms with Crippen LogP contribution in [0.15, 0.2) is 0 Å². The highest BCUT2D eigenvalue weighted by Crippen LogP contribution is 2.04. The first-order chi connectivity index (χ1) is 6.76. The van der Waals surface area contributed by atoms with Gasteiger partial charge in [-0.1, -0.05) is 0 Å². The average Bonchev–Trinajstić information content (AvgIpc) is 2.18. The lowest BCUT2D eigenvalue weighted by molar-refractivity contribution is -0.0439. The number of β-amino-alcohol motifs (C(OH)–C–C–N with tert-alkyl or cyclic N) is 1. The van der Waals surface area contributed by atoms with E-state index in [0.29, 0.717) is 26.3 Å². The van der Waals surface area contributed by atoms with Crippen LogP contribution in [0.3, 0.4) is 0 Å². The largest absolute Gasteiger partial charge is 0.389 e. The Bertz CT molecular complexity index is 157. The quantitative estimate of drug-likeness (QED) is 0.580. The van der Waals surface area contributed by atoms with Gasteiger partial charge in [0.1, 0.15) is 0 Å². The van der Waals surface area contributed by atoms with Crippen LogP contribution in [0.4, 0.5) is 0 Å². The highest BCUT2D eigenvalue weighted by molar-refractivity contribution is 4.74.